The third kappa shape index (κ3) is 5.19. The normalized spacial score (nSPS) is 15.6. The molecule has 31 heavy (non-hydrogen) atoms. The third-order valence-electron chi connectivity index (χ3n) is 5.66. The van der Waals surface area contributed by atoms with E-state index in [4.69, 9.17) is 9.47 Å². The minimum absolute atomic E-state index is 0.0690. The van der Waals surface area contributed by atoms with Gasteiger partial charge in [-0.3, -0.25) is 4.79 Å². The van der Waals surface area contributed by atoms with Crippen molar-refractivity contribution in [2.24, 2.45) is 5.92 Å². The zero-order valence-electron chi connectivity index (χ0n) is 18.4. The maximum Gasteiger partial charge on any atom is 0.243 e. The summed E-state index contributed by atoms with van der Waals surface area (Å²) in [6.07, 6.45) is 0.949. The summed E-state index contributed by atoms with van der Waals surface area (Å²) < 4.78 is 37.9. The summed E-state index contributed by atoms with van der Waals surface area (Å²) in [5, 5.41) is 2.95. The van der Waals surface area contributed by atoms with Crippen molar-refractivity contribution in [3.05, 3.63) is 48.0 Å². The topological polar surface area (TPSA) is 84.9 Å². The summed E-state index contributed by atoms with van der Waals surface area (Å²) in [6, 6.07) is 12.4. The first-order valence-corrected chi connectivity index (χ1v) is 11.8. The lowest BCUT2D eigenvalue weighted by Crippen LogP contribution is -2.41. The first-order valence-electron chi connectivity index (χ1n) is 10.4. The van der Waals surface area contributed by atoms with Gasteiger partial charge in [-0.1, -0.05) is 26.0 Å². The molecule has 0 radical (unpaired) electrons. The van der Waals surface area contributed by atoms with Crippen LogP contribution in [-0.2, 0) is 14.8 Å². The van der Waals surface area contributed by atoms with Gasteiger partial charge in [0.2, 0.25) is 15.9 Å². The Bertz CT molecular complexity index is 1010. The number of sulfonamides is 1. The molecule has 8 heteroatoms. The molecule has 0 saturated carbocycles. The Balaban J connectivity index is 1.62. The van der Waals surface area contributed by atoms with Crippen molar-refractivity contribution < 1.29 is 22.7 Å². The van der Waals surface area contributed by atoms with Crippen LogP contribution in [0.5, 0.6) is 11.5 Å². The molecule has 1 N–H and O–H groups in total. The molecule has 3 rings (SSSR count). The van der Waals surface area contributed by atoms with Crippen molar-refractivity contribution in [1.29, 1.82) is 0 Å². The minimum atomic E-state index is -3.67. The summed E-state index contributed by atoms with van der Waals surface area (Å²) in [6.45, 7) is 4.83. The SMILES string of the molecule is COc1ccc(S(=O)(=O)N2CCC(C(=O)Nc3ccc(C(C)C)cc3)CC2)cc1OC. The highest BCUT2D eigenvalue weighted by atomic mass is 32.2. The highest BCUT2D eigenvalue weighted by Crippen LogP contribution is 2.32. The van der Waals surface area contributed by atoms with E-state index in [0.29, 0.717) is 43.3 Å². The van der Waals surface area contributed by atoms with Crippen LogP contribution in [0.1, 0.15) is 38.2 Å². The van der Waals surface area contributed by atoms with Crippen molar-refractivity contribution in [3.63, 3.8) is 0 Å². The van der Waals surface area contributed by atoms with Crippen LogP contribution in [0.2, 0.25) is 0 Å². The fraction of sp³-hybridized carbons (Fsp3) is 0.435. The second kappa shape index (κ2) is 9.70. The smallest absolute Gasteiger partial charge is 0.243 e. The largest absolute Gasteiger partial charge is 0.493 e. The minimum Gasteiger partial charge on any atom is -0.493 e. The van der Waals surface area contributed by atoms with E-state index in [1.54, 1.807) is 6.07 Å². The van der Waals surface area contributed by atoms with E-state index in [9.17, 15) is 13.2 Å². The molecule has 1 heterocycles. The number of anilines is 1. The van der Waals surface area contributed by atoms with E-state index in [1.165, 1.54) is 36.2 Å². The monoisotopic (exact) mass is 446 g/mol. The fourth-order valence-corrected chi connectivity index (χ4v) is 5.17. The number of rotatable bonds is 7. The predicted molar refractivity (Wildman–Crippen MR) is 120 cm³/mol. The molecule has 2 aromatic carbocycles. The molecule has 2 aromatic rings. The van der Waals surface area contributed by atoms with Gasteiger partial charge in [-0.2, -0.15) is 4.31 Å². The maximum absolute atomic E-state index is 13.0. The molecule has 1 aliphatic rings. The molecule has 168 valence electrons. The lowest BCUT2D eigenvalue weighted by molar-refractivity contribution is -0.120. The van der Waals surface area contributed by atoms with Gasteiger partial charge in [0, 0.05) is 30.8 Å². The van der Waals surface area contributed by atoms with E-state index in [0.717, 1.165) is 5.69 Å². The first kappa shape index (κ1) is 23.1. The van der Waals surface area contributed by atoms with E-state index in [-0.39, 0.29) is 16.7 Å². The lowest BCUT2D eigenvalue weighted by Gasteiger charge is -2.30. The quantitative estimate of drug-likeness (QED) is 0.698. The molecule has 1 saturated heterocycles. The molecular formula is C23H30N2O5S. The Morgan fingerprint density at radius 3 is 2.16 bits per heavy atom. The number of carbonyl (C=O) groups excluding carboxylic acids is 1. The molecule has 0 aromatic heterocycles. The molecule has 0 unspecified atom stereocenters. The van der Waals surface area contributed by atoms with Gasteiger partial charge in [-0.25, -0.2) is 8.42 Å². The summed E-state index contributed by atoms with van der Waals surface area (Å²) >= 11 is 0. The molecule has 0 bridgehead atoms. The molecule has 1 amide bonds. The highest BCUT2D eigenvalue weighted by molar-refractivity contribution is 7.89. The van der Waals surface area contributed by atoms with Crippen LogP contribution < -0.4 is 14.8 Å². The van der Waals surface area contributed by atoms with Crippen LogP contribution in [0.25, 0.3) is 0 Å². The number of amides is 1. The van der Waals surface area contributed by atoms with Crippen molar-refractivity contribution in [2.45, 2.75) is 37.5 Å². The van der Waals surface area contributed by atoms with Gasteiger partial charge in [0.05, 0.1) is 19.1 Å². The Hall–Kier alpha value is -2.58. The zero-order chi connectivity index (χ0) is 22.6. The molecule has 0 spiro atoms. The van der Waals surface area contributed by atoms with E-state index >= 15 is 0 Å². The third-order valence-corrected chi connectivity index (χ3v) is 7.56. The maximum atomic E-state index is 13.0. The van der Waals surface area contributed by atoms with Crippen LogP contribution in [-0.4, -0.2) is 45.9 Å². The van der Waals surface area contributed by atoms with Gasteiger partial charge >= 0.3 is 0 Å². The van der Waals surface area contributed by atoms with Gasteiger partial charge in [-0.05, 0) is 48.6 Å². The molecule has 7 nitrogen and oxygen atoms in total. The number of benzene rings is 2. The van der Waals surface area contributed by atoms with Crippen molar-refractivity contribution in [2.75, 3.05) is 32.6 Å². The van der Waals surface area contributed by atoms with Gasteiger partial charge in [0.25, 0.3) is 0 Å². The van der Waals surface area contributed by atoms with E-state index < -0.39 is 10.0 Å². The second-order valence-electron chi connectivity index (χ2n) is 7.96. The number of nitrogens with zero attached hydrogens (tertiary/aromatic N) is 1. The summed E-state index contributed by atoms with van der Waals surface area (Å²) in [5.41, 5.74) is 1.97. The number of piperidine rings is 1. The van der Waals surface area contributed by atoms with Crippen LogP contribution in [0.15, 0.2) is 47.4 Å². The average molecular weight is 447 g/mol. The number of methoxy groups -OCH3 is 2. The first-order chi connectivity index (χ1) is 14.8. The molecule has 0 aliphatic carbocycles. The zero-order valence-corrected chi connectivity index (χ0v) is 19.2. The van der Waals surface area contributed by atoms with Crippen LogP contribution in [0, 0.1) is 5.92 Å². The molecular weight excluding hydrogens is 416 g/mol. The lowest BCUT2D eigenvalue weighted by atomic mass is 9.97. The Morgan fingerprint density at radius 1 is 1.00 bits per heavy atom. The van der Waals surface area contributed by atoms with Gasteiger partial charge < -0.3 is 14.8 Å². The highest BCUT2D eigenvalue weighted by Gasteiger charge is 2.32. The molecule has 1 fully saturated rings. The molecule has 0 atom stereocenters. The standard InChI is InChI=1S/C23H30N2O5S/c1-16(2)17-5-7-19(8-6-17)24-23(26)18-11-13-25(14-12-18)31(27,28)20-9-10-21(29-3)22(15-20)30-4/h5-10,15-16,18H,11-14H2,1-4H3,(H,24,26). The van der Waals surface area contributed by atoms with Crippen LogP contribution in [0.3, 0.4) is 0 Å². The van der Waals surface area contributed by atoms with Crippen molar-refractivity contribution >= 4 is 21.6 Å². The molecule has 1 aliphatic heterocycles. The van der Waals surface area contributed by atoms with Crippen LogP contribution >= 0.6 is 0 Å². The van der Waals surface area contributed by atoms with E-state index in [1.807, 2.05) is 24.3 Å². The van der Waals surface area contributed by atoms with E-state index in [2.05, 4.69) is 19.2 Å². The predicted octanol–water partition coefficient (Wildman–Crippen LogP) is 3.87. The Kier molecular flexibility index (Phi) is 7.23. The van der Waals surface area contributed by atoms with Crippen molar-refractivity contribution in [3.8, 4) is 11.5 Å². The Labute approximate surface area is 184 Å². The van der Waals surface area contributed by atoms with Gasteiger partial charge in [0.15, 0.2) is 11.5 Å². The van der Waals surface area contributed by atoms with Crippen molar-refractivity contribution in [1.82, 2.24) is 4.31 Å². The second-order valence-corrected chi connectivity index (χ2v) is 9.90. The number of carbonyl (C=O) groups is 1. The summed E-state index contributed by atoms with van der Waals surface area (Å²) in [5.74, 6) is 0.975. The van der Waals surface area contributed by atoms with Crippen LogP contribution in [0.4, 0.5) is 5.69 Å². The van der Waals surface area contributed by atoms with Gasteiger partial charge in [0.1, 0.15) is 0 Å². The number of ether oxygens (including phenoxy) is 2. The number of nitrogens with one attached hydrogen (secondary N) is 1. The Morgan fingerprint density at radius 2 is 1.61 bits per heavy atom. The van der Waals surface area contributed by atoms with Gasteiger partial charge in [-0.15, -0.1) is 0 Å². The fourth-order valence-electron chi connectivity index (χ4n) is 3.68. The number of hydrogen-bond donors (Lipinski definition) is 1. The number of hydrogen-bond acceptors (Lipinski definition) is 5. The summed E-state index contributed by atoms with van der Waals surface area (Å²) in [7, 11) is -0.707. The average Bonchev–Trinajstić information content (AvgIpc) is 2.78. The summed E-state index contributed by atoms with van der Waals surface area (Å²) in [4.78, 5) is 12.8.